The van der Waals surface area contributed by atoms with Gasteiger partial charge in [-0.1, -0.05) is 123 Å². The van der Waals surface area contributed by atoms with Gasteiger partial charge in [-0.25, -0.2) is 0 Å². The lowest BCUT2D eigenvalue weighted by molar-refractivity contribution is -0.131. The Labute approximate surface area is 358 Å². The minimum absolute atomic E-state index is 0.0468. The van der Waals surface area contributed by atoms with Gasteiger partial charge < -0.3 is 45.9 Å². The number of ketones is 1. The Bertz CT molecular complexity index is 1020. The highest BCUT2D eigenvalue weighted by Crippen LogP contribution is 2.15. The first-order chi connectivity index (χ1) is 28.8. The second-order valence-electron chi connectivity index (χ2n) is 15.6. The SMILES string of the molecule is CCCCCCCCCCCC(=O)NCCOCCOCC(=O)CC(CCCCNC(=O)COCCOCCNC(=O)CCCCCCCCCCC)C(=O)NCCN. The predicted octanol–water partition coefficient (Wildman–Crippen LogP) is 6.06. The van der Waals surface area contributed by atoms with E-state index in [9.17, 15) is 24.0 Å². The number of amides is 4. The van der Waals surface area contributed by atoms with Gasteiger partial charge in [0.25, 0.3) is 0 Å². The lowest BCUT2D eigenvalue weighted by Gasteiger charge is -2.16. The lowest BCUT2D eigenvalue weighted by atomic mass is 9.95. The summed E-state index contributed by atoms with van der Waals surface area (Å²) in [6, 6.07) is 0. The second-order valence-corrected chi connectivity index (χ2v) is 15.6. The second kappa shape index (κ2) is 44.9. The van der Waals surface area contributed by atoms with Gasteiger partial charge in [-0.2, -0.15) is 0 Å². The monoisotopic (exact) mass is 842 g/mol. The van der Waals surface area contributed by atoms with Crippen molar-refractivity contribution in [3.05, 3.63) is 0 Å². The molecule has 6 N–H and O–H groups in total. The number of ether oxygens (including phenoxy) is 4. The predicted molar refractivity (Wildman–Crippen MR) is 235 cm³/mol. The van der Waals surface area contributed by atoms with Crippen molar-refractivity contribution in [3.63, 3.8) is 0 Å². The Hall–Kier alpha value is -2.65. The molecular weight excluding hydrogens is 755 g/mol. The summed E-state index contributed by atoms with van der Waals surface area (Å²) < 4.78 is 21.9. The molecule has 0 aromatic carbocycles. The molecule has 1 atom stereocenters. The number of nitrogens with two attached hydrogens (primary N) is 1. The van der Waals surface area contributed by atoms with Crippen molar-refractivity contribution >= 4 is 29.4 Å². The van der Waals surface area contributed by atoms with Crippen molar-refractivity contribution in [2.75, 3.05) is 85.6 Å². The molecule has 0 spiro atoms. The van der Waals surface area contributed by atoms with Gasteiger partial charge in [0.15, 0.2) is 5.78 Å². The fourth-order valence-corrected chi connectivity index (χ4v) is 6.48. The Morgan fingerprint density at radius 2 is 0.881 bits per heavy atom. The Morgan fingerprint density at radius 3 is 1.37 bits per heavy atom. The number of carbonyl (C=O) groups excluding carboxylic acids is 5. The van der Waals surface area contributed by atoms with E-state index in [1.54, 1.807) is 0 Å². The van der Waals surface area contributed by atoms with Crippen molar-refractivity contribution in [2.24, 2.45) is 11.7 Å². The van der Waals surface area contributed by atoms with Crippen LogP contribution in [0.2, 0.25) is 0 Å². The highest BCUT2D eigenvalue weighted by molar-refractivity contribution is 5.87. The standard InChI is InChI=1S/C45H87N5O9/c1-3-5-7-9-11-13-15-17-19-24-42(52)48-29-31-56-33-35-58-38-41(51)37-40(45(55)50-28-26-46)23-21-22-27-47-44(54)39-59-36-34-57-32-30-49-43(53)25-20-18-16-14-12-10-8-6-4-2/h40H,3-39,46H2,1-2H3,(H,47,54)(H,48,52)(H,49,53)(H,50,55). The van der Waals surface area contributed by atoms with E-state index >= 15 is 0 Å². The molecule has 0 saturated heterocycles. The molecule has 0 fully saturated rings. The summed E-state index contributed by atoms with van der Waals surface area (Å²) in [6.45, 7) is 8.08. The van der Waals surface area contributed by atoms with Crippen LogP contribution < -0.4 is 27.0 Å². The average Bonchev–Trinajstić information content (AvgIpc) is 3.22. The Balaban J connectivity index is 3.88. The average molecular weight is 842 g/mol. The summed E-state index contributed by atoms with van der Waals surface area (Å²) in [6.07, 6.45) is 24.9. The normalized spacial score (nSPS) is 11.6. The molecular formula is C45H87N5O9. The van der Waals surface area contributed by atoms with Crippen LogP contribution in [0.25, 0.3) is 0 Å². The Morgan fingerprint density at radius 1 is 0.441 bits per heavy atom. The van der Waals surface area contributed by atoms with Crippen molar-refractivity contribution in [2.45, 2.75) is 168 Å². The van der Waals surface area contributed by atoms with Crippen LogP contribution in [-0.2, 0) is 42.9 Å². The summed E-state index contributed by atoms with van der Waals surface area (Å²) in [5.74, 6) is -1.05. The van der Waals surface area contributed by atoms with Crippen molar-refractivity contribution < 1.29 is 42.9 Å². The van der Waals surface area contributed by atoms with Crippen LogP contribution in [0.4, 0.5) is 0 Å². The third kappa shape index (κ3) is 41.9. The quantitative estimate of drug-likeness (QED) is 0.0450. The number of hydrogen-bond donors (Lipinski definition) is 5. The molecule has 59 heavy (non-hydrogen) atoms. The van der Waals surface area contributed by atoms with E-state index in [4.69, 9.17) is 24.7 Å². The van der Waals surface area contributed by atoms with Crippen LogP contribution in [0.3, 0.4) is 0 Å². The smallest absolute Gasteiger partial charge is 0.245 e. The molecule has 0 aliphatic heterocycles. The van der Waals surface area contributed by atoms with Gasteiger partial charge in [0.1, 0.15) is 13.2 Å². The fourth-order valence-electron chi connectivity index (χ4n) is 6.48. The first-order valence-electron chi connectivity index (χ1n) is 23.4. The van der Waals surface area contributed by atoms with E-state index in [0.717, 1.165) is 25.7 Å². The van der Waals surface area contributed by atoms with Crippen LogP contribution in [0.15, 0.2) is 0 Å². The number of hydrogen-bond acceptors (Lipinski definition) is 10. The van der Waals surface area contributed by atoms with Crippen LogP contribution >= 0.6 is 0 Å². The van der Waals surface area contributed by atoms with Crippen LogP contribution in [0, 0.1) is 5.92 Å². The van der Waals surface area contributed by atoms with Crippen LogP contribution in [0.1, 0.15) is 168 Å². The minimum Gasteiger partial charge on any atom is -0.377 e. The molecule has 346 valence electrons. The molecule has 1 unspecified atom stereocenters. The highest BCUT2D eigenvalue weighted by Gasteiger charge is 2.21. The van der Waals surface area contributed by atoms with E-state index in [1.807, 2.05) is 0 Å². The number of carbonyl (C=O) groups is 5. The zero-order chi connectivity index (χ0) is 43.3. The molecule has 0 aromatic heterocycles. The van der Waals surface area contributed by atoms with Crippen molar-refractivity contribution in [1.82, 2.24) is 21.3 Å². The molecule has 0 aliphatic carbocycles. The number of nitrogens with one attached hydrogen (secondary N) is 4. The summed E-state index contributed by atoms with van der Waals surface area (Å²) in [5, 5.41) is 11.3. The zero-order valence-corrected chi connectivity index (χ0v) is 37.5. The molecule has 14 nitrogen and oxygen atoms in total. The van der Waals surface area contributed by atoms with Crippen LogP contribution in [-0.4, -0.2) is 115 Å². The van der Waals surface area contributed by atoms with Crippen molar-refractivity contribution in [1.29, 1.82) is 0 Å². The first-order valence-corrected chi connectivity index (χ1v) is 23.4. The number of rotatable bonds is 46. The topological polar surface area (TPSA) is 196 Å². The first kappa shape index (κ1) is 56.4. The highest BCUT2D eigenvalue weighted by atomic mass is 16.5. The third-order valence-electron chi connectivity index (χ3n) is 9.98. The van der Waals surface area contributed by atoms with E-state index in [0.29, 0.717) is 91.3 Å². The molecule has 0 rings (SSSR count). The van der Waals surface area contributed by atoms with E-state index in [2.05, 4.69) is 35.1 Å². The maximum Gasteiger partial charge on any atom is 0.245 e. The van der Waals surface area contributed by atoms with Gasteiger partial charge in [0.05, 0.1) is 39.6 Å². The molecule has 4 amide bonds. The van der Waals surface area contributed by atoms with Gasteiger partial charge >= 0.3 is 0 Å². The van der Waals surface area contributed by atoms with Gasteiger partial charge in [0, 0.05) is 57.9 Å². The summed E-state index contributed by atoms with van der Waals surface area (Å²) in [4.78, 5) is 61.5. The van der Waals surface area contributed by atoms with Gasteiger partial charge in [-0.3, -0.25) is 24.0 Å². The van der Waals surface area contributed by atoms with E-state index < -0.39 is 5.92 Å². The third-order valence-corrected chi connectivity index (χ3v) is 9.98. The Kier molecular flexibility index (Phi) is 42.9. The van der Waals surface area contributed by atoms with Gasteiger partial charge in [-0.15, -0.1) is 0 Å². The molecule has 0 radical (unpaired) electrons. The molecule has 0 saturated carbocycles. The molecule has 14 heteroatoms. The maximum atomic E-state index is 12.7. The van der Waals surface area contributed by atoms with E-state index in [1.165, 1.54) is 89.9 Å². The fraction of sp³-hybridized carbons (Fsp3) is 0.889. The minimum atomic E-state index is -0.514. The molecule has 0 bridgehead atoms. The zero-order valence-electron chi connectivity index (χ0n) is 37.5. The molecule has 0 aromatic rings. The maximum absolute atomic E-state index is 12.7. The van der Waals surface area contributed by atoms with E-state index in [-0.39, 0.29) is 62.3 Å². The summed E-state index contributed by atoms with van der Waals surface area (Å²) >= 11 is 0. The lowest BCUT2D eigenvalue weighted by Crippen LogP contribution is -2.36. The van der Waals surface area contributed by atoms with Gasteiger partial charge in [0.2, 0.25) is 23.6 Å². The van der Waals surface area contributed by atoms with Crippen LogP contribution in [0.5, 0.6) is 0 Å². The number of unbranched alkanes of at least 4 members (excludes halogenated alkanes) is 17. The van der Waals surface area contributed by atoms with Crippen molar-refractivity contribution in [3.8, 4) is 0 Å². The number of Topliss-reactive ketones (excluding diaryl/α,β-unsaturated/α-hetero) is 1. The summed E-state index contributed by atoms with van der Waals surface area (Å²) in [5.41, 5.74) is 5.54. The largest absolute Gasteiger partial charge is 0.377 e. The van der Waals surface area contributed by atoms with Gasteiger partial charge in [-0.05, 0) is 25.7 Å². The molecule has 0 aliphatic rings. The summed E-state index contributed by atoms with van der Waals surface area (Å²) in [7, 11) is 0. The molecule has 0 heterocycles.